The molecule has 1 saturated carbocycles. The van der Waals surface area contributed by atoms with Gasteiger partial charge in [-0.2, -0.15) is 0 Å². The van der Waals surface area contributed by atoms with Crippen LogP contribution in [0.3, 0.4) is 0 Å². The van der Waals surface area contributed by atoms with Gasteiger partial charge in [0, 0.05) is 23.6 Å². The molecule has 1 amide bonds. The molecule has 0 saturated heterocycles. The fourth-order valence-corrected chi connectivity index (χ4v) is 3.73. The highest BCUT2D eigenvalue weighted by Crippen LogP contribution is 2.34. The summed E-state index contributed by atoms with van der Waals surface area (Å²) in [6, 6.07) is 8.51. The van der Waals surface area contributed by atoms with E-state index in [2.05, 4.69) is 10.3 Å². The van der Waals surface area contributed by atoms with Gasteiger partial charge in [0.05, 0.1) is 7.11 Å². The minimum Gasteiger partial charge on any atom is -0.493 e. The summed E-state index contributed by atoms with van der Waals surface area (Å²) in [5, 5.41) is 5.32. The molecule has 8 heteroatoms. The third-order valence-corrected chi connectivity index (χ3v) is 5.60. The summed E-state index contributed by atoms with van der Waals surface area (Å²) >= 11 is 1.37. The van der Waals surface area contributed by atoms with E-state index in [0.717, 1.165) is 11.6 Å². The number of thiazole rings is 1. The van der Waals surface area contributed by atoms with Crippen LogP contribution in [0.25, 0.3) is 10.6 Å². The molecule has 1 fully saturated rings. The van der Waals surface area contributed by atoms with Crippen molar-refractivity contribution < 1.29 is 23.0 Å². The molecular weight excluding hydrogens is 410 g/mol. The van der Waals surface area contributed by atoms with Gasteiger partial charge < -0.3 is 14.8 Å². The quantitative estimate of drug-likeness (QED) is 0.557. The van der Waals surface area contributed by atoms with Crippen molar-refractivity contribution in [3.05, 3.63) is 64.7 Å². The Bertz CT molecular complexity index is 1050. The third-order valence-electron chi connectivity index (χ3n) is 4.71. The normalized spacial score (nSPS) is 13.2. The summed E-state index contributed by atoms with van der Waals surface area (Å²) in [7, 11) is 1.51. The Morgan fingerprint density at radius 2 is 1.93 bits per heavy atom. The molecule has 1 aliphatic carbocycles. The molecule has 0 bridgehead atoms. The van der Waals surface area contributed by atoms with Gasteiger partial charge in [0.25, 0.3) is 5.91 Å². The molecule has 1 aliphatic rings. The first-order valence-corrected chi connectivity index (χ1v) is 10.4. The molecule has 2 aromatic carbocycles. The minimum absolute atomic E-state index is 0.00699. The van der Waals surface area contributed by atoms with E-state index >= 15 is 0 Å². The van der Waals surface area contributed by atoms with Gasteiger partial charge in [0.15, 0.2) is 11.5 Å². The van der Waals surface area contributed by atoms with Gasteiger partial charge in [-0.25, -0.2) is 13.8 Å². The Morgan fingerprint density at radius 1 is 1.17 bits per heavy atom. The number of methoxy groups -OCH3 is 1. The molecule has 0 atom stereocenters. The lowest BCUT2D eigenvalue weighted by atomic mass is 10.2. The average molecular weight is 430 g/mol. The van der Waals surface area contributed by atoms with E-state index in [0.29, 0.717) is 40.2 Å². The fourth-order valence-electron chi connectivity index (χ4n) is 2.94. The minimum atomic E-state index is -0.656. The number of carbonyl (C=O) groups excluding carboxylic acids is 1. The maximum Gasteiger partial charge on any atom is 0.270 e. The number of hydrogen-bond acceptors (Lipinski definition) is 5. The van der Waals surface area contributed by atoms with Crippen LogP contribution in [0.2, 0.25) is 0 Å². The van der Waals surface area contributed by atoms with Crippen LogP contribution < -0.4 is 14.8 Å². The van der Waals surface area contributed by atoms with Crippen LogP contribution >= 0.6 is 11.3 Å². The molecule has 5 nitrogen and oxygen atoms in total. The smallest absolute Gasteiger partial charge is 0.270 e. The zero-order valence-electron chi connectivity index (χ0n) is 16.3. The summed E-state index contributed by atoms with van der Waals surface area (Å²) in [5.41, 5.74) is 1.55. The maximum atomic E-state index is 13.3. The van der Waals surface area contributed by atoms with E-state index in [9.17, 15) is 13.6 Å². The lowest BCUT2D eigenvalue weighted by Gasteiger charge is -2.12. The van der Waals surface area contributed by atoms with Crippen molar-refractivity contribution in [2.24, 2.45) is 5.92 Å². The Kier molecular flexibility index (Phi) is 5.94. The molecular formula is C22H20F2N2O3S. The van der Waals surface area contributed by atoms with Crippen molar-refractivity contribution in [2.75, 3.05) is 13.7 Å². The highest BCUT2D eigenvalue weighted by Gasteiger charge is 2.22. The first-order valence-electron chi connectivity index (χ1n) is 9.51. The van der Waals surface area contributed by atoms with Gasteiger partial charge in [0.1, 0.15) is 28.9 Å². The van der Waals surface area contributed by atoms with E-state index in [1.54, 1.807) is 23.6 Å². The number of hydrogen-bond donors (Lipinski definition) is 1. The second-order valence-electron chi connectivity index (χ2n) is 7.12. The molecule has 0 aliphatic heterocycles. The van der Waals surface area contributed by atoms with Crippen LogP contribution in [0.1, 0.15) is 28.9 Å². The standard InChI is InChI=1S/C22H20F2N2O3S/c1-28-20-8-15(22-26-18(12-30-22)21(27)25-10-13-2-3-13)4-5-19(20)29-11-14-6-16(23)9-17(24)7-14/h4-9,12-13H,2-3,10-11H2,1H3,(H,25,27). The number of carbonyl (C=O) groups is 1. The molecule has 156 valence electrons. The van der Waals surface area contributed by atoms with Gasteiger partial charge in [0.2, 0.25) is 0 Å². The zero-order chi connectivity index (χ0) is 21.1. The van der Waals surface area contributed by atoms with E-state index in [4.69, 9.17) is 9.47 Å². The monoisotopic (exact) mass is 430 g/mol. The van der Waals surface area contributed by atoms with Crippen LogP contribution in [-0.4, -0.2) is 24.5 Å². The first-order chi connectivity index (χ1) is 14.5. The predicted octanol–water partition coefficient (Wildman–Crippen LogP) is 4.82. The summed E-state index contributed by atoms with van der Waals surface area (Å²) < 4.78 is 37.7. The lowest BCUT2D eigenvalue weighted by molar-refractivity contribution is 0.0947. The van der Waals surface area contributed by atoms with Gasteiger partial charge in [-0.15, -0.1) is 11.3 Å². The topological polar surface area (TPSA) is 60.5 Å². The zero-order valence-corrected chi connectivity index (χ0v) is 17.1. The number of rotatable bonds is 8. The number of aromatic nitrogens is 1. The Balaban J connectivity index is 1.45. The highest BCUT2D eigenvalue weighted by atomic mass is 32.1. The van der Waals surface area contributed by atoms with Gasteiger partial charge in [-0.05, 0) is 54.7 Å². The Hall–Kier alpha value is -3.00. The van der Waals surface area contributed by atoms with Crippen molar-refractivity contribution in [2.45, 2.75) is 19.4 Å². The molecule has 0 unspecified atom stereocenters. The number of benzene rings is 2. The molecule has 1 heterocycles. The fraction of sp³-hybridized carbons (Fsp3) is 0.273. The van der Waals surface area contributed by atoms with Crippen molar-refractivity contribution >= 4 is 17.2 Å². The molecule has 1 aromatic heterocycles. The van der Waals surface area contributed by atoms with Gasteiger partial charge in [-0.3, -0.25) is 4.79 Å². The van der Waals surface area contributed by atoms with E-state index < -0.39 is 11.6 Å². The first kappa shape index (κ1) is 20.3. The van der Waals surface area contributed by atoms with E-state index in [-0.39, 0.29) is 12.5 Å². The Labute approximate surface area is 176 Å². The maximum absolute atomic E-state index is 13.3. The van der Waals surface area contributed by atoms with Crippen LogP contribution in [0, 0.1) is 17.6 Å². The Morgan fingerprint density at radius 3 is 2.63 bits per heavy atom. The highest BCUT2D eigenvalue weighted by molar-refractivity contribution is 7.13. The lowest BCUT2D eigenvalue weighted by Crippen LogP contribution is -2.25. The molecule has 1 N–H and O–H groups in total. The average Bonchev–Trinajstić information content (AvgIpc) is 3.43. The third kappa shape index (κ3) is 4.94. The largest absolute Gasteiger partial charge is 0.493 e. The van der Waals surface area contributed by atoms with Crippen molar-refractivity contribution in [1.29, 1.82) is 0 Å². The molecule has 30 heavy (non-hydrogen) atoms. The molecule has 0 spiro atoms. The number of halogens is 2. The molecule has 0 radical (unpaired) electrons. The second kappa shape index (κ2) is 8.79. The van der Waals surface area contributed by atoms with Crippen LogP contribution in [0.5, 0.6) is 11.5 Å². The van der Waals surface area contributed by atoms with Gasteiger partial charge >= 0.3 is 0 Å². The number of nitrogens with one attached hydrogen (secondary N) is 1. The van der Waals surface area contributed by atoms with E-state index in [1.165, 1.54) is 43.4 Å². The van der Waals surface area contributed by atoms with Crippen molar-refractivity contribution in [3.63, 3.8) is 0 Å². The van der Waals surface area contributed by atoms with Crippen LogP contribution in [0.4, 0.5) is 8.78 Å². The summed E-state index contributed by atoms with van der Waals surface area (Å²) in [6.07, 6.45) is 2.34. The van der Waals surface area contributed by atoms with E-state index in [1.807, 2.05) is 0 Å². The SMILES string of the molecule is COc1cc(-c2nc(C(=O)NCC3CC3)cs2)ccc1OCc1cc(F)cc(F)c1. The number of amides is 1. The van der Waals surface area contributed by atoms with Crippen molar-refractivity contribution in [3.8, 4) is 22.1 Å². The van der Waals surface area contributed by atoms with Crippen LogP contribution in [0.15, 0.2) is 41.8 Å². The number of nitrogens with zero attached hydrogens (tertiary/aromatic N) is 1. The second-order valence-corrected chi connectivity index (χ2v) is 7.98. The number of ether oxygens (including phenoxy) is 2. The summed E-state index contributed by atoms with van der Waals surface area (Å²) in [5.74, 6) is 0.0175. The van der Waals surface area contributed by atoms with Crippen LogP contribution in [-0.2, 0) is 6.61 Å². The predicted molar refractivity (Wildman–Crippen MR) is 110 cm³/mol. The summed E-state index contributed by atoms with van der Waals surface area (Å²) in [4.78, 5) is 16.6. The van der Waals surface area contributed by atoms with Crippen molar-refractivity contribution in [1.82, 2.24) is 10.3 Å². The summed E-state index contributed by atoms with van der Waals surface area (Å²) in [6.45, 7) is 0.688. The molecule has 3 aromatic rings. The molecule has 4 rings (SSSR count). The van der Waals surface area contributed by atoms with Gasteiger partial charge in [-0.1, -0.05) is 0 Å².